The van der Waals surface area contributed by atoms with Crippen molar-refractivity contribution in [3.63, 3.8) is 0 Å². The zero-order valence-corrected chi connectivity index (χ0v) is 11.8. The Morgan fingerprint density at radius 3 is 2.37 bits per heavy atom. The quantitative estimate of drug-likeness (QED) is 0.431. The van der Waals surface area contributed by atoms with Gasteiger partial charge in [-0.25, -0.2) is 0 Å². The first-order valence-corrected chi connectivity index (χ1v) is 6.42. The first-order chi connectivity index (χ1) is 9.06. The highest BCUT2D eigenvalue weighted by molar-refractivity contribution is 6.01. The predicted octanol–water partition coefficient (Wildman–Crippen LogP) is 2.67. The fourth-order valence-corrected chi connectivity index (χ4v) is 1.89. The average Bonchev–Trinajstić information content (AvgIpc) is 2.42. The van der Waals surface area contributed by atoms with E-state index in [1.54, 1.807) is 0 Å². The Bertz CT molecular complexity index is 441. The number of esters is 1. The van der Waals surface area contributed by atoms with E-state index in [-0.39, 0.29) is 11.8 Å². The fraction of sp³-hybridized carbons (Fsp3) is 0.467. The molecule has 0 aliphatic heterocycles. The van der Waals surface area contributed by atoms with E-state index in [4.69, 9.17) is 0 Å². The van der Waals surface area contributed by atoms with Gasteiger partial charge in [0.2, 0.25) is 0 Å². The van der Waals surface area contributed by atoms with Crippen molar-refractivity contribution < 1.29 is 14.3 Å². The van der Waals surface area contributed by atoms with Crippen LogP contribution in [0, 0.1) is 0 Å². The third-order valence-electron chi connectivity index (χ3n) is 2.95. The van der Waals surface area contributed by atoms with Gasteiger partial charge < -0.3 is 9.64 Å². The Morgan fingerprint density at radius 2 is 1.74 bits per heavy atom. The minimum Gasteiger partial charge on any atom is -0.469 e. The molecule has 0 spiro atoms. The number of benzene rings is 1. The lowest BCUT2D eigenvalue weighted by Gasteiger charge is -2.16. The second-order valence-corrected chi connectivity index (χ2v) is 4.62. The Labute approximate surface area is 114 Å². The zero-order chi connectivity index (χ0) is 14.3. The number of Topliss-reactive ketones (excluding diaryl/α,β-unsaturated/α-hetero) is 1. The molecule has 1 rings (SSSR count). The van der Waals surface area contributed by atoms with Crippen molar-refractivity contribution in [1.82, 2.24) is 0 Å². The molecule has 0 aromatic heterocycles. The summed E-state index contributed by atoms with van der Waals surface area (Å²) in [5.74, 6) is -0.102. The van der Waals surface area contributed by atoms with Gasteiger partial charge in [-0.15, -0.1) is 0 Å². The van der Waals surface area contributed by atoms with Gasteiger partial charge in [-0.2, -0.15) is 0 Å². The van der Waals surface area contributed by atoms with E-state index in [0.29, 0.717) is 25.7 Å². The molecule has 1 aromatic carbocycles. The van der Waals surface area contributed by atoms with Crippen LogP contribution in [-0.4, -0.2) is 33.0 Å². The highest BCUT2D eigenvalue weighted by atomic mass is 16.5. The molecule has 0 N–H and O–H groups in total. The van der Waals surface area contributed by atoms with Gasteiger partial charge in [0, 0.05) is 38.2 Å². The van der Waals surface area contributed by atoms with Crippen LogP contribution in [0.4, 0.5) is 5.69 Å². The Kier molecular flexibility index (Phi) is 6.06. The van der Waals surface area contributed by atoms with Gasteiger partial charge in [0.1, 0.15) is 0 Å². The van der Waals surface area contributed by atoms with Crippen molar-refractivity contribution in [3.05, 3.63) is 29.8 Å². The first kappa shape index (κ1) is 15.2. The maximum absolute atomic E-state index is 12.1. The van der Waals surface area contributed by atoms with Gasteiger partial charge in [-0.1, -0.05) is 12.1 Å². The van der Waals surface area contributed by atoms with Crippen molar-refractivity contribution in [3.8, 4) is 0 Å². The number of methoxy groups -OCH3 is 1. The normalized spacial score (nSPS) is 10.1. The summed E-state index contributed by atoms with van der Waals surface area (Å²) >= 11 is 0. The molecule has 0 bridgehead atoms. The molecule has 0 heterocycles. The third-order valence-corrected chi connectivity index (χ3v) is 2.95. The van der Waals surface area contributed by atoms with Crippen molar-refractivity contribution in [1.29, 1.82) is 0 Å². The van der Waals surface area contributed by atoms with E-state index in [1.807, 2.05) is 43.3 Å². The molecule has 19 heavy (non-hydrogen) atoms. The molecule has 104 valence electrons. The minimum atomic E-state index is -0.221. The van der Waals surface area contributed by atoms with E-state index in [2.05, 4.69) is 4.74 Å². The van der Waals surface area contributed by atoms with Gasteiger partial charge >= 0.3 is 5.97 Å². The molecule has 0 amide bonds. The zero-order valence-electron chi connectivity index (χ0n) is 11.8. The summed E-state index contributed by atoms with van der Waals surface area (Å²) in [7, 11) is 5.22. The smallest absolute Gasteiger partial charge is 0.305 e. The van der Waals surface area contributed by atoms with Gasteiger partial charge in [0.05, 0.1) is 7.11 Å². The molecule has 0 unspecified atom stereocenters. The average molecular weight is 263 g/mol. The highest BCUT2D eigenvalue weighted by Gasteiger charge is 2.12. The second-order valence-electron chi connectivity index (χ2n) is 4.62. The van der Waals surface area contributed by atoms with Crippen molar-refractivity contribution >= 4 is 17.4 Å². The summed E-state index contributed by atoms with van der Waals surface area (Å²) in [6.07, 6.45) is 2.22. The molecule has 1 aromatic rings. The van der Waals surface area contributed by atoms with Crippen LogP contribution in [0.25, 0.3) is 0 Å². The molecule has 0 saturated heterocycles. The van der Waals surface area contributed by atoms with Crippen LogP contribution < -0.4 is 4.90 Å². The molecular weight excluding hydrogens is 242 g/mol. The summed E-state index contributed by atoms with van der Waals surface area (Å²) in [5.41, 5.74) is 1.67. The minimum absolute atomic E-state index is 0.120. The van der Waals surface area contributed by atoms with Gasteiger partial charge in [-0.3, -0.25) is 9.59 Å². The van der Waals surface area contributed by atoms with Crippen molar-refractivity contribution in [2.45, 2.75) is 25.7 Å². The Balaban J connectivity index is 2.52. The van der Waals surface area contributed by atoms with Crippen LogP contribution in [0.3, 0.4) is 0 Å². The lowest BCUT2D eigenvalue weighted by Crippen LogP contribution is -2.13. The number of ketones is 1. The largest absolute Gasteiger partial charge is 0.469 e. The molecular formula is C15H21NO3. The number of ether oxygens (including phenoxy) is 1. The lowest BCUT2D eigenvalue weighted by atomic mass is 10.0. The number of unbranched alkanes of at least 4 members (excludes halogenated alkanes) is 1. The van der Waals surface area contributed by atoms with Crippen LogP contribution >= 0.6 is 0 Å². The van der Waals surface area contributed by atoms with Crippen LogP contribution in [0.5, 0.6) is 0 Å². The predicted molar refractivity (Wildman–Crippen MR) is 75.6 cm³/mol. The number of rotatable bonds is 7. The first-order valence-electron chi connectivity index (χ1n) is 6.42. The molecule has 0 radical (unpaired) electrons. The fourth-order valence-electron chi connectivity index (χ4n) is 1.89. The molecule has 0 saturated carbocycles. The number of anilines is 1. The molecule has 0 fully saturated rings. The summed E-state index contributed by atoms with van der Waals surface area (Å²) in [6, 6.07) is 7.57. The van der Waals surface area contributed by atoms with Crippen molar-refractivity contribution in [2.75, 3.05) is 26.1 Å². The topological polar surface area (TPSA) is 46.6 Å². The SMILES string of the molecule is COC(=O)CCCCC(=O)c1ccccc1N(C)C. The summed E-state index contributed by atoms with van der Waals surface area (Å²) in [6.45, 7) is 0. The number of hydrogen-bond donors (Lipinski definition) is 0. The van der Waals surface area contributed by atoms with Gasteiger partial charge in [0.25, 0.3) is 0 Å². The van der Waals surface area contributed by atoms with E-state index >= 15 is 0 Å². The van der Waals surface area contributed by atoms with Gasteiger partial charge in [-0.05, 0) is 25.0 Å². The van der Waals surface area contributed by atoms with Crippen molar-refractivity contribution in [2.24, 2.45) is 0 Å². The van der Waals surface area contributed by atoms with E-state index in [9.17, 15) is 9.59 Å². The lowest BCUT2D eigenvalue weighted by molar-refractivity contribution is -0.140. The molecule has 0 aliphatic carbocycles. The van der Waals surface area contributed by atoms with Gasteiger partial charge in [0.15, 0.2) is 5.78 Å². The van der Waals surface area contributed by atoms with Crippen LogP contribution in [-0.2, 0) is 9.53 Å². The standard InChI is InChI=1S/C15H21NO3/c1-16(2)13-9-5-4-8-12(13)14(17)10-6-7-11-15(18)19-3/h4-5,8-9H,6-7,10-11H2,1-3H3. The number of nitrogens with zero attached hydrogens (tertiary/aromatic N) is 1. The highest BCUT2D eigenvalue weighted by Crippen LogP contribution is 2.20. The molecule has 4 heteroatoms. The second kappa shape index (κ2) is 7.56. The Hall–Kier alpha value is -1.84. The molecule has 0 aliphatic rings. The monoisotopic (exact) mass is 263 g/mol. The number of para-hydroxylation sites is 1. The van der Waals surface area contributed by atoms with Crippen LogP contribution in [0.15, 0.2) is 24.3 Å². The summed E-state index contributed by atoms with van der Waals surface area (Å²) in [5, 5.41) is 0. The summed E-state index contributed by atoms with van der Waals surface area (Å²) in [4.78, 5) is 25.0. The van der Waals surface area contributed by atoms with E-state index in [1.165, 1.54) is 7.11 Å². The third kappa shape index (κ3) is 4.73. The molecule has 4 nitrogen and oxygen atoms in total. The molecule has 0 atom stereocenters. The number of hydrogen-bond acceptors (Lipinski definition) is 4. The number of carbonyl (C=O) groups excluding carboxylic acids is 2. The van der Waals surface area contributed by atoms with Crippen LogP contribution in [0.1, 0.15) is 36.0 Å². The number of carbonyl (C=O) groups is 2. The van der Waals surface area contributed by atoms with E-state index in [0.717, 1.165) is 11.3 Å². The maximum atomic E-state index is 12.1. The van der Waals surface area contributed by atoms with E-state index < -0.39 is 0 Å². The van der Waals surface area contributed by atoms with Crippen LogP contribution in [0.2, 0.25) is 0 Å². The Morgan fingerprint density at radius 1 is 1.11 bits per heavy atom. The summed E-state index contributed by atoms with van der Waals surface area (Å²) < 4.78 is 4.56. The maximum Gasteiger partial charge on any atom is 0.305 e.